The second-order valence-corrected chi connectivity index (χ2v) is 4.25. The zero-order valence-corrected chi connectivity index (χ0v) is 8.34. The minimum absolute atomic E-state index is 1.06. The summed E-state index contributed by atoms with van der Waals surface area (Å²) in [7, 11) is 2.16. The summed E-state index contributed by atoms with van der Waals surface area (Å²) in [6.45, 7) is 3.27. The molecule has 0 N–H and O–H groups in total. The molecule has 3 rings (SSSR count). The summed E-state index contributed by atoms with van der Waals surface area (Å²) in [6, 6.07) is 2.26. The molecule has 0 aromatic carbocycles. The SMILES string of the molecule is CN1CCn2c(cc3csnc32)C1. The smallest absolute Gasteiger partial charge is 0.153 e. The van der Waals surface area contributed by atoms with Crippen LogP contribution in [0, 0.1) is 0 Å². The maximum atomic E-state index is 4.40. The number of likely N-dealkylation sites (N-methyl/N-ethyl adjacent to an activating group) is 1. The Morgan fingerprint density at radius 3 is 3.31 bits per heavy atom. The van der Waals surface area contributed by atoms with Crippen molar-refractivity contribution >= 4 is 22.6 Å². The Bertz CT molecular complexity index is 443. The Labute approximate surface area is 80.7 Å². The molecule has 13 heavy (non-hydrogen) atoms. The predicted molar refractivity (Wildman–Crippen MR) is 53.9 cm³/mol. The van der Waals surface area contributed by atoms with E-state index in [1.54, 1.807) is 11.5 Å². The highest BCUT2D eigenvalue weighted by Crippen LogP contribution is 2.23. The third-order valence-corrected chi connectivity index (χ3v) is 3.28. The molecule has 1 aliphatic rings. The van der Waals surface area contributed by atoms with Crippen LogP contribution in [0.15, 0.2) is 11.4 Å². The van der Waals surface area contributed by atoms with Gasteiger partial charge in [0, 0.05) is 36.1 Å². The molecule has 3 heterocycles. The molecule has 0 fully saturated rings. The summed E-state index contributed by atoms with van der Waals surface area (Å²) in [5.74, 6) is 0. The van der Waals surface area contributed by atoms with E-state index in [4.69, 9.17) is 0 Å². The van der Waals surface area contributed by atoms with Crippen LogP contribution in [0.3, 0.4) is 0 Å². The Kier molecular flexibility index (Phi) is 1.48. The van der Waals surface area contributed by atoms with Crippen LogP contribution in [0.5, 0.6) is 0 Å². The van der Waals surface area contributed by atoms with Crippen molar-refractivity contribution in [3.63, 3.8) is 0 Å². The zero-order valence-electron chi connectivity index (χ0n) is 7.53. The van der Waals surface area contributed by atoms with Gasteiger partial charge in [-0.25, -0.2) is 0 Å². The number of hydrogen-bond donors (Lipinski definition) is 0. The highest BCUT2D eigenvalue weighted by atomic mass is 32.1. The largest absolute Gasteiger partial charge is 0.326 e. The van der Waals surface area contributed by atoms with Crippen molar-refractivity contribution in [2.75, 3.05) is 13.6 Å². The van der Waals surface area contributed by atoms with Gasteiger partial charge in [0.1, 0.15) is 0 Å². The van der Waals surface area contributed by atoms with E-state index in [-0.39, 0.29) is 0 Å². The van der Waals surface area contributed by atoms with E-state index in [0.717, 1.165) is 19.6 Å². The predicted octanol–water partition coefficient (Wildman–Crippen LogP) is 1.54. The van der Waals surface area contributed by atoms with Crippen molar-refractivity contribution in [1.82, 2.24) is 13.8 Å². The van der Waals surface area contributed by atoms with Gasteiger partial charge in [0.05, 0.1) is 0 Å². The molecule has 4 heteroatoms. The van der Waals surface area contributed by atoms with Crippen LogP contribution in [0.25, 0.3) is 11.0 Å². The average Bonchev–Trinajstić information content (AvgIpc) is 2.62. The van der Waals surface area contributed by atoms with Gasteiger partial charge in [-0.3, -0.25) is 4.90 Å². The lowest BCUT2D eigenvalue weighted by Crippen LogP contribution is -2.29. The van der Waals surface area contributed by atoms with Gasteiger partial charge in [-0.15, -0.1) is 0 Å². The molecule has 0 bridgehead atoms. The lowest BCUT2D eigenvalue weighted by Gasteiger charge is -2.24. The molecule has 0 saturated carbocycles. The Balaban J connectivity index is 2.22. The zero-order chi connectivity index (χ0) is 8.84. The summed E-state index contributed by atoms with van der Waals surface area (Å²) >= 11 is 1.55. The van der Waals surface area contributed by atoms with E-state index in [1.165, 1.54) is 16.7 Å². The Morgan fingerprint density at radius 2 is 2.38 bits per heavy atom. The molecule has 0 atom stereocenters. The molecule has 2 aromatic heterocycles. The van der Waals surface area contributed by atoms with Crippen LogP contribution in [-0.2, 0) is 13.1 Å². The minimum atomic E-state index is 1.06. The topological polar surface area (TPSA) is 21.1 Å². The Hall–Kier alpha value is -0.870. The summed E-state index contributed by atoms with van der Waals surface area (Å²) in [5, 5.41) is 3.43. The van der Waals surface area contributed by atoms with Gasteiger partial charge in [-0.05, 0) is 24.6 Å². The molecule has 0 aliphatic carbocycles. The molecular weight excluding hydrogens is 182 g/mol. The lowest BCUT2D eigenvalue weighted by molar-refractivity contribution is 0.272. The highest BCUT2D eigenvalue weighted by Gasteiger charge is 2.16. The molecule has 2 aromatic rings. The van der Waals surface area contributed by atoms with Gasteiger partial charge in [0.2, 0.25) is 0 Å². The van der Waals surface area contributed by atoms with Gasteiger partial charge in [0.15, 0.2) is 5.65 Å². The van der Waals surface area contributed by atoms with E-state index >= 15 is 0 Å². The molecule has 0 radical (unpaired) electrons. The van der Waals surface area contributed by atoms with Crippen LogP contribution in [0.1, 0.15) is 5.69 Å². The normalized spacial score (nSPS) is 17.9. The van der Waals surface area contributed by atoms with Gasteiger partial charge < -0.3 is 4.57 Å². The lowest BCUT2D eigenvalue weighted by atomic mass is 10.3. The Morgan fingerprint density at radius 1 is 1.46 bits per heavy atom. The van der Waals surface area contributed by atoms with Crippen molar-refractivity contribution in [3.05, 3.63) is 17.1 Å². The maximum Gasteiger partial charge on any atom is 0.153 e. The van der Waals surface area contributed by atoms with Crippen LogP contribution >= 0.6 is 11.5 Å². The van der Waals surface area contributed by atoms with Gasteiger partial charge in [0.25, 0.3) is 0 Å². The summed E-state index contributed by atoms with van der Waals surface area (Å²) in [5.41, 5.74) is 2.58. The van der Waals surface area contributed by atoms with Crippen LogP contribution < -0.4 is 0 Å². The summed E-state index contributed by atoms with van der Waals surface area (Å²) in [6.07, 6.45) is 0. The fourth-order valence-corrected chi connectivity index (χ4v) is 2.59. The molecule has 0 saturated heterocycles. The van der Waals surface area contributed by atoms with E-state index in [1.807, 2.05) is 0 Å². The second-order valence-electron chi connectivity index (χ2n) is 3.62. The number of aromatic nitrogens is 2. The molecule has 1 aliphatic heterocycles. The summed E-state index contributed by atoms with van der Waals surface area (Å²) in [4.78, 5) is 2.34. The van der Waals surface area contributed by atoms with Gasteiger partial charge in [-0.1, -0.05) is 0 Å². The average molecular weight is 193 g/mol. The van der Waals surface area contributed by atoms with E-state index in [0.29, 0.717) is 0 Å². The quantitative estimate of drug-likeness (QED) is 0.633. The van der Waals surface area contributed by atoms with Crippen molar-refractivity contribution < 1.29 is 0 Å². The first kappa shape index (κ1) is 7.53. The number of rotatable bonds is 0. The molecule has 3 nitrogen and oxygen atoms in total. The van der Waals surface area contributed by atoms with E-state index in [9.17, 15) is 0 Å². The van der Waals surface area contributed by atoms with Crippen molar-refractivity contribution in [2.45, 2.75) is 13.1 Å². The van der Waals surface area contributed by atoms with Crippen molar-refractivity contribution in [1.29, 1.82) is 0 Å². The van der Waals surface area contributed by atoms with Crippen LogP contribution in [0.4, 0.5) is 0 Å². The minimum Gasteiger partial charge on any atom is -0.326 e. The maximum absolute atomic E-state index is 4.40. The second kappa shape index (κ2) is 2.56. The first-order valence-electron chi connectivity index (χ1n) is 4.45. The van der Waals surface area contributed by atoms with Crippen molar-refractivity contribution in [3.8, 4) is 0 Å². The monoisotopic (exact) mass is 193 g/mol. The molecule has 0 spiro atoms. The van der Waals surface area contributed by atoms with Gasteiger partial charge >= 0.3 is 0 Å². The third kappa shape index (κ3) is 1.02. The first-order chi connectivity index (χ1) is 6.34. The molecule has 68 valence electrons. The fraction of sp³-hybridized carbons (Fsp3) is 0.444. The van der Waals surface area contributed by atoms with Crippen molar-refractivity contribution in [2.24, 2.45) is 0 Å². The molecule has 0 unspecified atom stereocenters. The fourth-order valence-electron chi connectivity index (χ4n) is 1.94. The van der Waals surface area contributed by atoms with Crippen LogP contribution in [0.2, 0.25) is 0 Å². The number of hydrogen-bond acceptors (Lipinski definition) is 3. The molecule has 0 amide bonds. The van der Waals surface area contributed by atoms with Gasteiger partial charge in [-0.2, -0.15) is 4.37 Å². The summed E-state index contributed by atoms with van der Waals surface area (Å²) < 4.78 is 6.74. The van der Waals surface area contributed by atoms with E-state index in [2.05, 4.69) is 32.3 Å². The highest BCUT2D eigenvalue weighted by molar-refractivity contribution is 7.04. The number of fused-ring (bicyclic) bond motifs is 3. The number of nitrogens with zero attached hydrogens (tertiary/aromatic N) is 3. The first-order valence-corrected chi connectivity index (χ1v) is 5.29. The third-order valence-electron chi connectivity index (χ3n) is 2.64. The van der Waals surface area contributed by atoms with E-state index < -0.39 is 0 Å². The standard InChI is InChI=1S/C9H11N3S/c1-11-2-3-12-8(5-11)4-7-6-13-10-9(7)12/h4,6H,2-3,5H2,1H3. The molecular formula is C9H11N3S. The van der Waals surface area contributed by atoms with Crippen LogP contribution in [-0.4, -0.2) is 27.4 Å².